The standard InChI is InChI=1S/C8H15NS2/c1-6-10-8(3,4)9(5)11-7-2/h6-7H,1-2H2,3-5H3. The third-order valence-electron chi connectivity index (χ3n) is 1.36. The van der Waals surface area contributed by atoms with Crippen LogP contribution in [0.3, 0.4) is 0 Å². The zero-order chi connectivity index (χ0) is 8.91. The van der Waals surface area contributed by atoms with Crippen LogP contribution in [0.4, 0.5) is 0 Å². The van der Waals surface area contributed by atoms with Crippen LogP contribution < -0.4 is 0 Å². The van der Waals surface area contributed by atoms with Gasteiger partial charge in [-0.2, -0.15) is 0 Å². The van der Waals surface area contributed by atoms with E-state index in [0.29, 0.717) is 0 Å². The van der Waals surface area contributed by atoms with E-state index in [1.807, 2.05) is 17.9 Å². The summed E-state index contributed by atoms with van der Waals surface area (Å²) in [7, 11) is 2.04. The molecule has 0 radical (unpaired) electrons. The van der Waals surface area contributed by atoms with Crippen LogP contribution in [0.2, 0.25) is 0 Å². The molecule has 0 spiro atoms. The molecule has 0 heterocycles. The van der Waals surface area contributed by atoms with Gasteiger partial charge in [0.25, 0.3) is 0 Å². The summed E-state index contributed by atoms with van der Waals surface area (Å²) < 4.78 is 2.15. The van der Waals surface area contributed by atoms with Crippen molar-refractivity contribution < 1.29 is 0 Å². The van der Waals surface area contributed by atoms with Crippen molar-refractivity contribution in [2.75, 3.05) is 7.05 Å². The average Bonchev–Trinajstić information content (AvgIpc) is 1.88. The Morgan fingerprint density at radius 3 is 2.18 bits per heavy atom. The minimum absolute atomic E-state index is 0.0839. The quantitative estimate of drug-likeness (QED) is 0.482. The zero-order valence-electron chi connectivity index (χ0n) is 7.33. The van der Waals surface area contributed by atoms with Gasteiger partial charge in [0, 0.05) is 0 Å². The maximum atomic E-state index is 3.69. The molecule has 0 aromatic carbocycles. The van der Waals surface area contributed by atoms with Crippen LogP contribution in [0.25, 0.3) is 0 Å². The van der Waals surface area contributed by atoms with E-state index in [1.54, 1.807) is 23.7 Å². The van der Waals surface area contributed by atoms with Gasteiger partial charge in [0.15, 0.2) is 0 Å². The van der Waals surface area contributed by atoms with Crippen molar-refractivity contribution in [3.8, 4) is 0 Å². The third-order valence-corrected chi connectivity index (χ3v) is 3.42. The van der Waals surface area contributed by atoms with Crippen molar-refractivity contribution in [3.63, 3.8) is 0 Å². The normalized spacial score (nSPS) is 11.6. The van der Waals surface area contributed by atoms with Crippen LogP contribution in [0.5, 0.6) is 0 Å². The number of hydrogen-bond acceptors (Lipinski definition) is 3. The van der Waals surface area contributed by atoms with Gasteiger partial charge < -0.3 is 0 Å². The fourth-order valence-electron chi connectivity index (χ4n) is 0.517. The van der Waals surface area contributed by atoms with Gasteiger partial charge in [-0.15, -0.1) is 11.8 Å². The Hall–Kier alpha value is 0.140. The summed E-state index contributed by atoms with van der Waals surface area (Å²) in [4.78, 5) is 0.0839. The second-order valence-electron chi connectivity index (χ2n) is 2.50. The molecule has 0 unspecified atom stereocenters. The van der Waals surface area contributed by atoms with Crippen molar-refractivity contribution in [1.29, 1.82) is 0 Å². The smallest absolute Gasteiger partial charge is 0.0750 e. The molecule has 11 heavy (non-hydrogen) atoms. The molecule has 3 heteroatoms. The molecular weight excluding hydrogens is 174 g/mol. The van der Waals surface area contributed by atoms with Gasteiger partial charge in [-0.3, -0.25) is 0 Å². The minimum Gasteiger partial charge on any atom is -0.234 e. The Morgan fingerprint density at radius 2 is 1.82 bits per heavy atom. The topological polar surface area (TPSA) is 3.24 Å². The molecule has 0 aliphatic heterocycles. The summed E-state index contributed by atoms with van der Waals surface area (Å²) in [5, 5.41) is 3.69. The molecule has 0 aliphatic carbocycles. The first kappa shape index (κ1) is 11.1. The van der Waals surface area contributed by atoms with Gasteiger partial charge in [-0.05, 0) is 43.7 Å². The molecule has 0 aromatic rings. The summed E-state index contributed by atoms with van der Waals surface area (Å²) in [6, 6.07) is 0. The average molecular weight is 189 g/mol. The van der Waals surface area contributed by atoms with E-state index < -0.39 is 0 Å². The highest BCUT2D eigenvalue weighted by atomic mass is 32.2. The van der Waals surface area contributed by atoms with Gasteiger partial charge in [-0.25, -0.2) is 4.31 Å². The van der Waals surface area contributed by atoms with Gasteiger partial charge >= 0.3 is 0 Å². The van der Waals surface area contributed by atoms with Gasteiger partial charge in [0.2, 0.25) is 0 Å². The lowest BCUT2D eigenvalue weighted by atomic mass is 10.4. The Bertz CT molecular complexity index is 143. The Balaban J connectivity index is 4.03. The molecule has 0 amide bonds. The van der Waals surface area contributed by atoms with E-state index in [0.717, 1.165) is 0 Å². The lowest BCUT2D eigenvalue weighted by Gasteiger charge is -2.31. The number of hydrogen-bond donors (Lipinski definition) is 0. The second kappa shape index (κ2) is 4.91. The summed E-state index contributed by atoms with van der Waals surface area (Å²) in [6.45, 7) is 11.6. The van der Waals surface area contributed by atoms with Crippen LogP contribution in [0, 0.1) is 0 Å². The molecule has 0 aromatic heterocycles. The van der Waals surface area contributed by atoms with Crippen molar-refractivity contribution in [2.24, 2.45) is 0 Å². The summed E-state index contributed by atoms with van der Waals surface area (Å²) in [6.07, 6.45) is 0. The number of nitrogens with zero attached hydrogens (tertiary/aromatic N) is 1. The Labute approximate surface area is 78.1 Å². The van der Waals surface area contributed by atoms with Crippen LogP contribution in [0.1, 0.15) is 13.8 Å². The van der Waals surface area contributed by atoms with Crippen molar-refractivity contribution in [1.82, 2.24) is 4.31 Å². The van der Waals surface area contributed by atoms with E-state index in [4.69, 9.17) is 0 Å². The first-order valence-electron chi connectivity index (χ1n) is 3.35. The first-order chi connectivity index (χ1) is 5.04. The van der Waals surface area contributed by atoms with Crippen LogP contribution >= 0.6 is 23.7 Å². The van der Waals surface area contributed by atoms with E-state index in [2.05, 4.69) is 31.3 Å². The molecule has 0 fully saturated rings. The molecule has 0 N–H and O–H groups in total. The fourth-order valence-corrected chi connectivity index (χ4v) is 1.81. The predicted molar refractivity (Wildman–Crippen MR) is 57.4 cm³/mol. The van der Waals surface area contributed by atoms with Crippen LogP contribution in [0.15, 0.2) is 24.0 Å². The highest BCUT2D eigenvalue weighted by molar-refractivity contribution is 8.05. The van der Waals surface area contributed by atoms with Crippen molar-refractivity contribution >= 4 is 23.7 Å². The molecule has 0 aliphatic rings. The van der Waals surface area contributed by atoms with Crippen molar-refractivity contribution in [3.05, 3.63) is 24.0 Å². The summed E-state index contributed by atoms with van der Waals surface area (Å²) in [5.41, 5.74) is 0. The molecule has 1 nitrogen and oxygen atoms in total. The molecule has 0 saturated carbocycles. The van der Waals surface area contributed by atoms with E-state index in [1.165, 1.54) is 0 Å². The lowest BCUT2D eigenvalue weighted by Crippen LogP contribution is -2.31. The maximum absolute atomic E-state index is 3.69. The molecule has 0 rings (SSSR count). The Morgan fingerprint density at radius 1 is 1.27 bits per heavy atom. The number of rotatable bonds is 5. The van der Waals surface area contributed by atoms with Gasteiger partial charge in [0.1, 0.15) is 0 Å². The number of thioether (sulfide) groups is 1. The molecular formula is C8H15NS2. The van der Waals surface area contributed by atoms with Crippen molar-refractivity contribution in [2.45, 2.75) is 18.7 Å². The van der Waals surface area contributed by atoms with Gasteiger partial charge in [-0.1, -0.05) is 13.2 Å². The largest absolute Gasteiger partial charge is 0.234 e. The first-order valence-corrected chi connectivity index (χ1v) is 5.06. The SMILES string of the molecule is C=CSN(C)C(C)(C)SC=C. The third kappa shape index (κ3) is 3.89. The van der Waals surface area contributed by atoms with E-state index in [9.17, 15) is 0 Å². The second-order valence-corrected chi connectivity index (χ2v) is 5.16. The molecule has 0 atom stereocenters. The van der Waals surface area contributed by atoms with Crippen LogP contribution in [-0.2, 0) is 0 Å². The highest BCUT2D eigenvalue weighted by Gasteiger charge is 2.22. The fraction of sp³-hybridized carbons (Fsp3) is 0.500. The summed E-state index contributed by atoms with van der Waals surface area (Å²) in [5.74, 6) is 0. The predicted octanol–water partition coefficient (Wildman–Crippen LogP) is 3.32. The van der Waals surface area contributed by atoms with Crippen LogP contribution in [-0.4, -0.2) is 16.2 Å². The minimum atomic E-state index is 0.0839. The molecule has 64 valence electrons. The van der Waals surface area contributed by atoms with E-state index >= 15 is 0 Å². The lowest BCUT2D eigenvalue weighted by molar-refractivity contribution is 0.427. The van der Waals surface area contributed by atoms with Gasteiger partial charge in [0.05, 0.1) is 4.87 Å². The maximum Gasteiger partial charge on any atom is 0.0750 e. The Kier molecular flexibility index (Phi) is 4.97. The monoisotopic (exact) mass is 189 g/mol. The molecule has 0 saturated heterocycles. The summed E-state index contributed by atoms with van der Waals surface area (Å²) >= 11 is 3.31. The van der Waals surface area contributed by atoms with E-state index in [-0.39, 0.29) is 4.87 Å². The molecule has 0 bridgehead atoms. The zero-order valence-corrected chi connectivity index (χ0v) is 8.97. The highest BCUT2D eigenvalue weighted by Crippen LogP contribution is 2.32.